The molecule has 0 aliphatic carbocycles. The lowest BCUT2D eigenvalue weighted by molar-refractivity contribution is 0.0975. The summed E-state index contributed by atoms with van der Waals surface area (Å²) in [6.07, 6.45) is 0. The first-order valence-electron chi connectivity index (χ1n) is 6.63. The van der Waals surface area contributed by atoms with Gasteiger partial charge in [-0.15, -0.1) is 0 Å². The van der Waals surface area contributed by atoms with Crippen molar-refractivity contribution in [1.29, 1.82) is 0 Å². The monoisotopic (exact) mass is 368 g/mol. The maximum Gasteiger partial charge on any atom is 0.261 e. The van der Waals surface area contributed by atoms with Crippen LogP contribution in [-0.2, 0) is 0 Å². The minimum absolute atomic E-state index is 0.169. The van der Waals surface area contributed by atoms with Crippen LogP contribution in [0.1, 0.15) is 15.9 Å². The number of ether oxygens (including phenoxy) is 1. The summed E-state index contributed by atoms with van der Waals surface area (Å²) in [5.41, 5.74) is 2.03. The maximum absolute atomic E-state index is 12.4. The quantitative estimate of drug-likeness (QED) is 0.786. The zero-order chi connectivity index (χ0) is 17.0. The zero-order valence-corrected chi connectivity index (χ0v) is 14.8. The largest absolute Gasteiger partial charge is 0.494 e. The van der Waals surface area contributed by atoms with E-state index in [-0.39, 0.29) is 21.4 Å². The summed E-state index contributed by atoms with van der Waals surface area (Å²) in [4.78, 5) is 12.4. The smallest absolute Gasteiger partial charge is 0.261 e. The number of methoxy groups -OCH3 is 1. The van der Waals surface area contributed by atoms with E-state index in [1.54, 1.807) is 0 Å². The summed E-state index contributed by atoms with van der Waals surface area (Å²) in [5, 5.41) is 6.31. The molecule has 0 fully saturated rings. The molecule has 2 aromatic carbocycles. The van der Waals surface area contributed by atoms with Crippen LogP contribution in [-0.4, -0.2) is 18.1 Å². The highest BCUT2D eigenvalue weighted by Gasteiger charge is 2.18. The summed E-state index contributed by atoms with van der Waals surface area (Å²) in [7, 11) is 1.43. The van der Waals surface area contributed by atoms with Crippen molar-refractivity contribution >= 4 is 52.1 Å². The Morgan fingerprint density at radius 1 is 1.22 bits per heavy atom. The summed E-state index contributed by atoms with van der Waals surface area (Å²) in [6, 6.07) is 10.6. The first-order chi connectivity index (χ1) is 10.9. The molecule has 7 heteroatoms. The van der Waals surface area contributed by atoms with E-state index in [4.69, 9.17) is 40.2 Å². The molecule has 120 valence electrons. The second-order valence-electron chi connectivity index (χ2n) is 4.69. The molecule has 0 bridgehead atoms. The number of carbonyl (C=O) groups excluding carboxylic acids is 1. The second-order valence-corrected chi connectivity index (χ2v) is 5.94. The second kappa shape index (κ2) is 7.64. The van der Waals surface area contributed by atoms with Gasteiger partial charge in [-0.2, -0.15) is 0 Å². The molecule has 0 unspecified atom stereocenters. The summed E-state index contributed by atoms with van der Waals surface area (Å²) in [6.45, 7) is 1.94. The van der Waals surface area contributed by atoms with Crippen LogP contribution < -0.4 is 15.4 Å². The Morgan fingerprint density at radius 2 is 1.91 bits per heavy atom. The van der Waals surface area contributed by atoms with Gasteiger partial charge in [-0.05, 0) is 42.9 Å². The number of anilines is 1. The van der Waals surface area contributed by atoms with Gasteiger partial charge in [0.25, 0.3) is 5.91 Å². The molecule has 2 aromatic rings. The van der Waals surface area contributed by atoms with Crippen molar-refractivity contribution in [2.24, 2.45) is 0 Å². The summed E-state index contributed by atoms with van der Waals surface area (Å²) < 4.78 is 5.16. The highest BCUT2D eigenvalue weighted by Crippen LogP contribution is 2.32. The van der Waals surface area contributed by atoms with Crippen LogP contribution in [0.25, 0.3) is 0 Å². The number of carbonyl (C=O) groups is 1. The van der Waals surface area contributed by atoms with Gasteiger partial charge in [-0.25, -0.2) is 0 Å². The van der Waals surface area contributed by atoms with Gasteiger partial charge in [0.2, 0.25) is 0 Å². The Bertz CT molecular complexity index is 766. The van der Waals surface area contributed by atoms with Gasteiger partial charge in [-0.3, -0.25) is 10.1 Å². The Morgan fingerprint density at radius 3 is 2.57 bits per heavy atom. The normalized spacial score (nSPS) is 10.1. The van der Waals surface area contributed by atoms with Crippen molar-refractivity contribution in [2.45, 2.75) is 6.92 Å². The fourth-order valence-electron chi connectivity index (χ4n) is 1.97. The van der Waals surface area contributed by atoms with Crippen LogP contribution in [0.15, 0.2) is 36.4 Å². The van der Waals surface area contributed by atoms with E-state index in [1.165, 1.54) is 19.2 Å². The molecule has 0 saturated heterocycles. The molecule has 0 heterocycles. The lowest BCUT2D eigenvalue weighted by atomic mass is 10.2. The van der Waals surface area contributed by atoms with E-state index < -0.39 is 5.91 Å². The molecule has 0 aliphatic heterocycles. The predicted octanol–water partition coefficient (Wildman–Crippen LogP) is 4.44. The summed E-state index contributed by atoms with van der Waals surface area (Å²) >= 11 is 17.1. The molecular weight excluding hydrogens is 355 g/mol. The molecule has 0 aliphatic rings. The van der Waals surface area contributed by atoms with Crippen LogP contribution in [0.2, 0.25) is 10.0 Å². The van der Waals surface area contributed by atoms with Crippen molar-refractivity contribution in [3.63, 3.8) is 0 Å². The number of aryl methyl sites for hydroxylation is 1. The SMILES string of the molecule is COc1c(Cl)cc(Cl)cc1C(=O)NC(=S)Nc1ccccc1C. The van der Waals surface area contributed by atoms with Gasteiger partial charge in [0.15, 0.2) is 5.11 Å². The van der Waals surface area contributed by atoms with E-state index in [2.05, 4.69) is 10.6 Å². The Hall–Kier alpha value is -1.82. The highest BCUT2D eigenvalue weighted by atomic mass is 35.5. The average molecular weight is 369 g/mol. The number of benzene rings is 2. The molecule has 2 rings (SSSR count). The molecule has 23 heavy (non-hydrogen) atoms. The van der Waals surface area contributed by atoms with Gasteiger partial charge < -0.3 is 10.1 Å². The van der Waals surface area contributed by atoms with Crippen LogP contribution >= 0.6 is 35.4 Å². The van der Waals surface area contributed by atoms with Gasteiger partial charge in [0, 0.05) is 10.7 Å². The third-order valence-corrected chi connectivity index (χ3v) is 3.78. The topological polar surface area (TPSA) is 50.4 Å². The van der Waals surface area contributed by atoms with Gasteiger partial charge in [0.05, 0.1) is 17.7 Å². The highest BCUT2D eigenvalue weighted by molar-refractivity contribution is 7.80. The van der Waals surface area contributed by atoms with Crippen LogP contribution in [0.5, 0.6) is 5.75 Å². The first-order valence-corrected chi connectivity index (χ1v) is 7.79. The Balaban J connectivity index is 2.16. The van der Waals surface area contributed by atoms with Crippen LogP contribution in [0.3, 0.4) is 0 Å². The maximum atomic E-state index is 12.4. The lowest BCUT2D eigenvalue weighted by Gasteiger charge is -2.14. The zero-order valence-electron chi connectivity index (χ0n) is 12.4. The Labute approximate surface area is 149 Å². The molecule has 0 aromatic heterocycles. The van der Waals surface area contributed by atoms with E-state index in [0.29, 0.717) is 5.02 Å². The fraction of sp³-hybridized carbons (Fsp3) is 0.125. The fourth-order valence-corrected chi connectivity index (χ4v) is 2.75. The van der Waals surface area contributed by atoms with Gasteiger partial charge >= 0.3 is 0 Å². The van der Waals surface area contributed by atoms with Crippen molar-refractivity contribution in [3.8, 4) is 5.75 Å². The van der Waals surface area contributed by atoms with Crippen molar-refractivity contribution in [1.82, 2.24) is 5.32 Å². The molecule has 0 spiro atoms. The minimum Gasteiger partial charge on any atom is -0.494 e. The first kappa shape index (κ1) is 17.5. The standard InChI is InChI=1S/C16H14Cl2N2O2S/c1-9-5-3-4-6-13(9)19-16(23)20-15(21)11-7-10(17)8-12(18)14(11)22-2/h3-8H,1-2H3,(H2,19,20,21,23). The van der Waals surface area contributed by atoms with E-state index in [0.717, 1.165) is 11.3 Å². The third-order valence-electron chi connectivity index (χ3n) is 3.08. The molecular formula is C16H14Cl2N2O2S. The number of hydrogen-bond donors (Lipinski definition) is 2. The van der Waals surface area contributed by atoms with E-state index in [1.807, 2.05) is 31.2 Å². The molecule has 0 saturated carbocycles. The molecule has 0 radical (unpaired) electrons. The Kier molecular flexibility index (Phi) is 5.82. The number of hydrogen-bond acceptors (Lipinski definition) is 3. The van der Waals surface area contributed by atoms with Crippen molar-refractivity contribution in [3.05, 3.63) is 57.6 Å². The number of nitrogens with one attached hydrogen (secondary N) is 2. The van der Waals surface area contributed by atoms with Gasteiger partial charge in [-0.1, -0.05) is 41.4 Å². The van der Waals surface area contributed by atoms with Crippen LogP contribution in [0, 0.1) is 6.92 Å². The molecule has 1 amide bonds. The van der Waals surface area contributed by atoms with Crippen LogP contribution in [0.4, 0.5) is 5.69 Å². The van der Waals surface area contributed by atoms with Crippen molar-refractivity contribution in [2.75, 3.05) is 12.4 Å². The minimum atomic E-state index is -0.461. The lowest BCUT2D eigenvalue weighted by Crippen LogP contribution is -2.34. The van der Waals surface area contributed by atoms with E-state index >= 15 is 0 Å². The number of rotatable bonds is 3. The molecule has 4 nitrogen and oxygen atoms in total. The van der Waals surface area contributed by atoms with Crippen molar-refractivity contribution < 1.29 is 9.53 Å². The predicted molar refractivity (Wildman–Crippen MR) is 97.9 cm³/mol. The number of thiocarbonyl (C=S) groups is 1. The van der Waals surface area contributed by atoms with Gasteiger partial charge in [0.1, 0.15) is 5.75 Å². The number of halogens is 2. The molecule has 2 N–H and O–H groups in total. The number of para-hydroxylation sites is 1. The third kappa shape index (κ3) is 4.34. The number of amides is 1. The van der Waals surface area contributed by atoms with E-state index in [9.17, 15) is 4.79 Å². The molecule has 0 atom stereocenters. The summed E-state index contributed by atoms with van der Waals surface area (Å²) in [5.74, 6) is -0.218. The average Bonchev–Trinajstić information content (AvgIpc) is 2.48.